The van der Waals surface area contributed by atoms with Crippen LogP contribution in [-0.4, -0.2) is 10.8 Å². The van der Waals surface area contributed by atoms with Crippen molar-refractivity contribution in [1.29, 1.82) is 0 Å². The number of nitrogens with one attached hydrogen (secondary N) is 1. The molecule has 0 fully saturated rings. The minimum atomic E-state index is 0.959. The summed E-state index contributed by atoms with van der Waals surface area (Å²) in [4.78, 5) is 0. The summed E-state index contributed by atoms with van der Waals surface area (Å²) in [6.45, 7) is 0. The van der Waals surface area contributed by atoms with E-state index in [0.717, 1.165) is 15.7 Å². The molecule has 0 bridgehead atoms. The molecule has 118 valence electrons. The fourth-order valence-corrected chi connectivity index (χ4v) is 3.24. The molecule has 4 rings (SSSR count). The standard InChI is InChI=1S/C20H16BrN3/c1-24-19-5-3-2-4-17(19)18-12-14(6-11-20(18)24)13-22-23-16-9-7-15(21)8-10-16/h2-13,23H,1H3. The first-order chi connectivity index (χ1) is 11.7. The van der Waals surface area contributed by atoms with Crippen LogP contribution in [0.1, 0.15) is 5.56 Å². The molecule has 1 N–H and O–H groups in total. The summed E-state index contributed by atoms with van der Waals surface area (Å²) in [6.07, 6.45) is 1.85. The predicted octanol–water partition coefficient (Wildman–Crippen LogP) is 5.54. The van der Waals surface area contributed by atoms with E-state index in [9.17, 15) is 0 Å². The number of aromatic nitrogens is 1. The van der Waals surface area contributed by atoms with Crippen LogP contribution >= 0.6 is 15.9 Å². The highest BCUT2D eigenvalue weighted by Crippen LogP contribution is 2.28. The van der Waals surface area contributed by atoms with Gasteiger partial charge in [-0.05, 0) is 48.0 Å². The van der Waals surface area contributed by atoms with Crippen LogP contribution in [0.2, 0.25) is 0 Å². The lowest BCUT2D eigenvalue weighted by atomic mass is 10.1. The Kier molecular flexibility index (Phi) is 3.82. The third-order valence-electron chi connectivity index (χ3n) is 4.19. The second-order valence-corrected chi connectivity index (χ2v) is 6.65. The summed E-state index contributed by atoms with van der Waals surface area (Å²) in [7, 11) is 2.10. The van der Waals surface area contributed by atoms with Gasteiger partial charge in [0.15, 0.2) is 0 Å². The number of nitrogens with zero attached hydrogens (tertiary/aromatic N) is 2. The number of anilines is 1. The van der Waals surface area contributed by atoms with Crippen molar-refractivity contribution < 1.29 is 0 Å². The van der Waals surface area contributed by atoms with Gasteiger partial charge < -0.3 is 4.57 Å². The van der Waals surface area contributed by atoms with Crippen LogP contribution in [0.15, 0.2) is 76.3 Å². The smallest absolute Gasteiger partial charge is 0.0562 e. The summed E-state index contributed by atoms with van der Waals surface area (Å²) >= 11 is 3.43. The molecule has 0 aliphatic rings. The lowest BCUT2D eigenvalue weighted by Crippen LogP contribution is -1.91. The molecule has 0 aliphatic carbocycles. The Hall–Kier alpha value is -2.59. The van der Waals surface area contributed by atoms with E-state index in [0.29, 0.717) is 0 Å². The Morgan fingerprint density at radius 3 is 2.50 bits per heavy atom. The molecule has 3 nitrogen and oxygen atoms in total. The van der Waals surface area contributed by atoms with Gasteiger partial charge in [0, 0.05) is 33.3 Å². The topological polar surface area (TPSA) is 29.3 Å². The minimum Gasteiger partial charge on any atom is -0.344 e. The van der Waals surface area contributed by atoms with Crippen molar-refractivity contribution in [1.82, 2.24) is 4.57 Å². The number of para-hydroxylation sites is 1. The minimum absolute atomic E-state index is 0.959. The van der Waals surface area contributed by atoms with E-state index in [-0.39, 0.29) is 0 Å². The zero-order chi connectivity index (χ0) is 16.5. The van der Waals surface area contributed by atoms with Gasteiger partial charge in [0.1, 0.15) is 0 Å². The SMILES string of the molecule is Cn1c2ccccc2c2cc(C=NNc3ccc(Br)cc3)ccc21. The van der Waals surface area contributed by atoms with Crippen molar-refractivity contribution in [3.05, 3.63) is 76.8 Å². The van der Waals surface area contributed by atoms with E-state index >= 15 is 0 Å². The van der Waals surface area contributed by atoms with Crippen LogP contribution in [0, 0.1) is 0 Å². The number of rotatable bonds is 3. The fraction of sp³-hybridized carbons (Fsp3) is 0.0500. The molecular formula is C20H16BrN3. The van der Waals surface area contributed by atoms with Crippen molar-refractivity contribution in [2.75, 3.05) is 5.43 Å². The molecule has 3 aromatic carbocycles. The van der Waals surface area contributed by atoms with Crippen molar-refractivity contribution in [3.63, 3.8) is 0 Å². The molecule has 1 aromatic heterocycles. The molecule has 0 unspecified atom stereocenters. The van der Waals surface area contributed by atoms with E-state index in [1.54, 1.807) is 0 Å². The summed E-state index contributed by atoms with van der Waals surface area (Å²) in [5, 5.41) is 6.86. The second kappa shape index (κ2) is 6.13. The molecule has 0 aliphatic heterocycles. The molecule has 0 spiro atoms. The summed E-state index contributed by atoms with van der Waals surface area (Å²) in [5.74, 6) is 0. The molecule has 4 heteroatoms. The number of fused-ring (bicyclic) bond motifs is 3. The summed E-state index contributed by atoms with van der Waals surface area (Å²) < 4.78 is 3.28. The normalized spacial score (nSPS) is 11.6. The van der Waals surface area contributed by atoms with Crippen molar-refractivity contribution in [2.45, 2.75) is 0 Å². The molecule has 24 heavy (non-hydrogen) atoms. The zero-order valence-corrected chi connectivity index (χ0v) is 14.8. The van der Waals surface area contributed by atoms with Gasteiger partial charge >= 0.3 is 0 Å². The van der Waals surface area contributed by atoms with Crippen molar-refractivity contribution in [2.24, 2.45) is 12.1 Å². The van der Waals surface area contributed by atoms with Crippen LogP contribution in [0.4, 0.5) is 5.69 Å². The van der Waals surface area contributed by atoms with Gasteiger partial charge in [-0.3, -0.25) is 5.43 Å². The molecule has 0 radical (unpaired) electrons. The van der Waals surface area contributed by atoms with Gasteiger partial charge in [-0.1, -0.05) is 40.2 Å². The van der Waals surface area contributed by atoms with Crippen LogP contribution in [0.25, 0.3) is 21.8 Å². The number of halogens is 1. The third kappa shape index (κ3) is 2.69. The third-order valence-corrected chi connectivity index (χ3v) is 4.72. The van der Waals surface area contributed by atoms with E-state index < -0.39 is 0 Å². The monoisotopic (exact) mass is 377 g/mol. The number of aryl methyl sites for hydroxylation is 1. The first-order valence-corrected chi connectivity index (χ1v) is 8.53. The maximum absolute atomic E-state index is 4.34. The summed E-state index contributed by atoms with van der Waals surface area (Å²) in [6, 6.07) is 22.8. The zero-order valence-electron chi connectivity index (χ0n) is 13.2. The molecule has 0 saturated carbocycles. The van der Waals surface area contributed by atoms with Crippen LogP contribution < -0.4 is 5.43 Å². The summed E-state index contributed by atoms with van der Waals surface area (Å²) in [5.41, 5.74) is 7.56. The average molecular weight is 378 g/mol. The van der Waals surface area contributed by atoms with Crippen LogP contribution in [0.3, 0.4) is 0 Å². The lowest BCUT2D eigenvalue weighted by molar-refractivity contribution is 1.01. The van der Waals surface area contributed by atoms with Gasteiger partial charge in [-0.15, -0.1) is 0 Å². The highest BCUT2D eigenvalue weighted by atomic mass is 79.9. The average Bonchev–Trinajstić information content (AvgIpc) is 2.90. The van der Waals surface area contributed by atoms with Gasteiger partial charge in [-0.25, -0.2) is 0 Å². The highest BCUT2D eigenvalue weighted by molar-refractivity contribution is 9.10. The van der Waals surface area contributed by atoms with Gasteiger partial charge in [-0.2, -0.15) is 5.10 Å². The Balaban J connectivity index is 1.66. The molecular weight excluding hydrogens is 362 g/mol. The lowest BCUT2D eigenvalue weighted by Gasteiger charge is -2.00. The molecule has 4 aromatic rings. The second-order valence-electron chi connectivity index (χ2n) is 5.73. The first-order valence-electron chi connectivity index (χ1n) is 7.74. The van der Waals surface area contributed by atoms with Gasteiger partial charge in [0.25, 0.3) is 0 Å². The van der Waals surface area contributed by atoms with Crippen molar-refractivity contribution >= 4 is 49.6 Å². The molecule has 0 amide bonds. The maximum atomic E-state index is 4.34. The number of benzene rings is 3. The van der Waals surface area contributed by atoms with E-state index in [1.165, 1.54) is 21.8 Å². The largest absolute Gasteiger partial charge is 0.344 e. The quantitative estimate of drug-likeness (QED) is 0.368. The first kappa shape index (κ1) is 15.0. The fourth-order valence-electron chi connectivity index (χ4n) is 2.97. The van der Waals surface area contributed by atoms with Crippen molar-refractivity contribution in [3.8, 4) is 0 Å². The molecule has 1 heterocycles. The van der Waals surface area contributed by atoms with Gasteiger partial charge in [0.2, 0.25) is 0 Å². The molecule has 0 saturated heterocycles. The highest BCUT2D eigenvalue weighted by Gasteiger charge is 2.07. The predicted molar refractivity (Wildman–Crippen MR) is 106 cm³/mol. The maximum Gasteiger partial charge on any atom is 0.0562 e. The van der Waals surface area contributed by atoms with Crippen LogP contribution in [-0.2, 0) is 7.05 Å². The number of hydrogen-bond donors (Lipinski definition) is 1. The van der Waals surface area contributed by atoms with Gasteiger partial charge in [0.05, 0.1) is 11.9 Å². The Bertz CT molecular complexity index is 1050. The molecule has 0 atom stereocenters. The number of hydrazone groups is 1. The number of hydrogen-bond acceptors (Lipinski definition) is 2. The van der Waals surface area contributed by atoms with E-state index in [2.05, 4.69) is 80.5 Å². The van der Waals surface area contributed by atoms with E-state index in [1.807, 2.05) is 30.5 Å². The Labute approximate surface area is 148 Å². The van der Waals surface area contributed by atoms with Crippen LogP contribution in [0.5, 0.6) is 0 Å². The Morgan fingerprint density at radius 1 is 0.917 bits per heavy atom. The Morgan fingerprint density at radius 2 is 1.67 bits per heavy atom. The van der Waals surface area contributed by atoms with E-state index in [4.69, 9.17) is 0 Å².